The Morgan fingerprint density at radius 1 is 1.08 bits per heavy atom. The highest BCUT2D eigenvalue weighted by Gasteiger charge is 2.50. The quantitative estimate of drug-likeness (QED) is 0.508. The number of likely N-dealkylation sites (tertiary alicyclic amines) is 1. The summed E-state index contributed by atoms with van der Waals surface area (Å²) < 4.78 is 5.81. The molecular formula is C29H25ClN4O5. The molecule has 9 nitrogen and oxygen atoms in total. The summed E-state index contributed by atoms with van der Waals surface area (Å²) in [6.45, 7) is 0.438. The summed E-state index contributed by atoms with van der Waals surface area (Å²) in [4.78, 5) is 55.1. The van der Waals surface area contributed by atoms with E-state index in [9.17, 15) is 19.2 Å². The SMILES string of the molecule is NC(=O)c1ccc2c(c1)N([C@@H](Cc1ccccc1)C(=O)N1CCC3(C1)OC(=O)Nc1ccc(Cl)cc13)C(=O)C2. The molecule has 4 amide bonds. The number of rotatable bonds is 5. The number of ether oxygens (including phenoxy) is 1. The van der Waals surface area contributed by atoms with Gasteiger partial charge in [-0.05, 0) is 41.5 Å². The zero-order valence-corrected chi connectivity index (χ0v) is 21.6. The largest absolute Gasteiger partial charge is 0.436 e. The lowest BCUT2D eigenvalue weighted by Crippen LogP contribution is -2.52. The van der Waals surface area contributed by atoms with Crippen LogP contribution >= 0.6 is 11.6 Å². The van der Waals surface area contributed by atoms with Crippen LogP contribution < -0.4 is 16.0 Å². The van der Waals surface area contributed by atoms with Crippen molar-refractivity contribution in [2.24, 2.45) is 5.73 Å². The second kappa shape index (κ2) is 9.43. The second-order valence-corrected chi connectivity index (χ2v) is 10.5. The molecule has 1 saturated heterocycles. The minimum absolute atomic E-state index is 0.117. The minimum Gasteiger partial charge on any atom is -0.436 e. The standard InChI is InChI=1S/C29H25ClN4O5/c30-20-8-9-22-21(15-20)29(39-28(38)32-22)10-11-33(16-29)27(37)24(12-17-4-2-1-3-5-17)34-23-13-19(26(31)36)7-6-18(23)14-25(34)35/h1-9,13,15,24H,10-12,14,16H2,(H2,31,36)(H,32,38)/t24-,29?/m0/s1. The van der Waals surface area contributed by atoms with Gasteiger partial charge in [0.05, 0.1) is 18.7 Å². The molecule has 198 valence electrons. The van der Waals surface area contributed by atoms with Gasteiger partial charge in [-0.3, -0.25) is 24.6 Å². The van der Waals surface area contributed by atoms with Crippen molar-refractivity contribution >= 4 is 46.8 Å². The van der Waals surface area contributed by atoms with Crippen LogP contribution in [0.3, 0.4) is 0 Å². The number of hydrogen-bond acceptors (Lipinski definition) is 5. The number of fused-ring (bicyclic) bond motifs is 3. The van der Waals surface area contributed by atoms with E-state index in [2.05, 4.69) is 5.32 Å². The van der Waals surface area contributed by atoms with Gasteiger partial charge in [0.1, 0.15) is 6.04 Å². The van der Waals surface area contributed by atoms with Crippen molar-refractivity contribution in [3.63, 3.8) is 0 Å². The summed E-state index contributed by atoms with van der Waals surface area (Å²) in [5.41, 5.74) is 8.12. The molecule has 10 heteroatoms. The highest BCUT2D eigenvalue weighted by atomic mass is 35.5. The fraction of sp³-hybridized carbons (Fsp3) is 0.241. The molecule has 0 saturated carbocycles. The van der Waals surface area contributed by atoms with Gasteiger partial charge >= 0.3 is 6.09 Å². The third-order valence-corrected chi connectivity index (χ3v) is 7.88. The number of nitrogens with zero attached hydrogens (tertiary/aromatic N) is 2. The highest BCUT2D eigenvalue weighted by molar-refractivity contribution is 6.30. The van der Waals surface area contributed by atoms with E-state index in [1.165, 1.54) is 4.90 Å². The zero-order chi connectivity index (χ0) is 27.3. The van der Waals surface area contributed by atoms with E-state index in [0.29, 0.717) is 34.9 Å². The summed E-state index contributed by atoms with van der Waals surface area (Å²) in [5, 5.41) is 3.19. The maximum atomic E-state index is 14.3. The Balaban J connectivity index is 1.37. The molecule has 0 radical (unpaired) electrons. The lowest BCUT2D eigenvalue weighted by atomic mass is 9.90. The number of anilines is 2. The van der Waals surface area contributed by atoms with Gasteiger partial charge in [0.15, 0.2) is 5.60 Å². The first-order valence-electron chi connectivity index (χ1n) is 12.6. The third kappa shape index (κ3) is 4.38. The van der Waals surface area contributed by atoms with Gasteiger partial charge in [0.25, 0.3) is 0 Å². The lowest BCUT2D eigenvalue weighted by Gasteiger charge is -2.36. The minimum atomic E-state index is -1.05. The van der Waals surface area contributed by atoms with Crippen LogP contribution in [0.5, 0.6) is 0 Å². The van der Waals surface area contributed by atoms with Crippen LogP contribution in [0.1, 0.15) is 33.5 Å². The molecular weight excluding hydrogens is 520 g/mol. The van der Waals surface area contributed by atoms with E-state index in [0.717, 1.165) is 11.1 Å². The lowest BCUT2D eigenvalue weighted by molar-refractivity contribution is -0.134. The van der Waals surface area contributed by atoms with E-state index < -0.39 is 23.6 Å². The van der Waals surface area contributed by atoms with Crippen LogP contribution in [-0.4, -0.2) is 47.8 Å². The molecule has 1 fully saturated rings. The maximum absolute atomic E-state index is 14.3. The molecule has 0 bridgehead atoms. The summed E-state index contributed by atoms with van der Waals surface area (Å²) in [6.07, 6.45) is 0.168. The molecule has 3 aromatic carbocycles. The van der Waals surface area contributed by atoms with Gasteiger partial charge in [-0.2, -0.15) is 0 Å². The smallest absolute Gasteiger partial charge is 0.412 e. The summed E-state index contributed by atoms with van der Waals surface area (Å²) in [6, 6.07) is 18.6. The molecule has 3 N–H and O–H groups in total. The van der Waals surface area contributed by atoms with Crippen LogP contribution in [0.4, 0.5) is 16.2 Å². The van der Waals surface area contributed by atoms with Gasteiger partial charge in [0.2, 0.25) is 17.7 Å². The van der Waals surface area contributed by atoms with Gasteiger partial charge in [-0.25, -0.2) is 4.79 Å². The Morgan fingerprint density at radius 2 is 1.87 bits per heavy atom. The van der Waals surface area contributed by atoms with Crippen molar-refractivity contribution in [1.82, 2.24) is 4.90 Å². The normalized spacial score (nSPS) is 20.3. The molecule has 39 heavy (non-hydrogen) atoms. The van der Waals surface area contributed by atoms with Crippen molar-refractivity contribution in [2.75, 3.05) is 23.3 Å². The number of nitrogens with one attached hydrogen (secondary N) is 1. The van der Waals surface area contributed by atoms with Crippen molar-refractivity contribution in [2.45, 2.75) is 30.9 Å². The first-order valence-corrected chi connectivity index (χ1v) is 13.0. The first kappa shape index (κ1) is 24.9. The number of carbonyl (C=O) groups excluding carboxylic acids is 4. The molecule has 2 atom stereocenters. The Morgan fingerprint density at radius 3 is 2.64 bits per heavy atom. The first-order chi connectivity index (χ1) is 18.7. The van der Waals surface area contributed by atoms with E-state index in [1.807, 2.05) is 30.3 Å². The van der Waals surface area contributed by atoms with Gasteiger partial charge in [-0.1, -0.05) is 48.0 Å². The van der Waals surface area contributed by atoms with Crippen molar-refractivity contribution in [1.29, 1.82) is 0 Å². The number of primary amides is 1. The van der Waals surface area contributed by atoms with E-state index in [-0.39, 0.29) is 36.8 Å². The van der Waals surface area contributed by atoms with Gasteiger partial charge in [0, 0.05) is 41.2 Å². The number of benzene rings is 3. The number of amides is 4. The molecule has 1 spiro atoms. The average molecular weight is 545 g/mol. The fourth-order valence-electron chi connectivity index (χ4n) is 5.80. The van der Waals surface area contributed by atoms with Crippen LogP contribution in [0, 0.1) is 0 Å². The molecule has 3 aliphatic rings. The fourth-order valence-corrected chi connectivity index (χ4v) is 5.97. The van der Waals surface area contributed by atoms with E-state index >= 15 is 0 Å². The van der Waals surface area contributed by atoms with Gasteiger partial charge < -0.3 is 15.4 Å². The van der Waals surface area contributed by atoms with Crippen LogP contribution in [-0.2, 0) is 32.8 Å². The van der Waals surface area contributed by atoms with Crippen LogP contribution in [0.2, 0.25) is 5.02 Å². The van der Waals surface area contributed by atoms with Crippen LogP contribution in [0.15, 0.2) is 66.7 Å². The predicted molar refractivity (Wildman–Crippen MR) is 145 cm³/mol. The zero-order valence-electron chi connectivity index (χ0n) is 20.9. The van der Waals surface area contributed by atoms with E-state index in [4.69, 9.17) is 22.1 Å². The number of hydrogen-bond donors (Lipinski definition) is 2. The summed E-state index contributed by atoms with van der Waals surface area (Å²) in [5.74, 6) is -1.13. The third-order valence-electron chi connectivity index (χ3n) is 7.65. The Labute approximate surface area is 229 Å². The van der Waals surface area contributed by atoms with E-state index in [1.54, 1.807) is 41.3 Å². The predicted octanol–water partition coefficient (Wildman–Crippen LogP) is 3.63. The Kier molecular flexibility index (Phi) is 6.03. The molecule has 3 aliphatic heterocycles. The Bertz CT molecular complexity index is 1530. The average Bonchev–Trinajstić information content (AvgIpc) is 3.48. The molecule has 0 aromatic heterocycles. The number of carbonyl (C=O) groups is 4. The molecule has 1 unspecified atom stereocenters. The number of nitrogens with two attached hydrogens (primary N) is 1. The molecule has 3 aromatic rings. The summed E-state index contributed by atoms with van der Waals surface area (Å²) in [7, 11) is 0. The second-order valence-electron chi connectivity index (χ2n) is 10.1. The van der Waals surface area contributed by atoms with Crippen molar-refractivity contribution in [3.8, 4) is 0 Å². The highest BCUT2D eigenvalue weighted by Crippen LogP contribution is 2.44. The van der Waals surface area contributed by atoms with Gasteiger partial charge in [-0.15, -0.1) is 0 Å². The van der Waals surface area contributed by atoms with Crippen molar-refractivity contribution < 1.29 is 23.9 Å². The molecule has 0 aliphatic carbocycles. The topological polar surface area (TPSA) is 122 Å². The van der Waals surface area contributed by atoms with Crippen molar-refractivity contribution in [3.05, 3.63) is 94.0 Å². The molecule has 3 heterocycles. The monoisotopic (exact) mass is 544 g/mol. The van der Waals surface area contributed by atoms with Crippen LogP contribution in [0.25, 0.3) is 0 Å². The number of halogens is 1. The molecule has 6 rings (SSSR count). The maximum Gasteiger partial charge on any atom is 0.412 e. The Hall–Kier alpha value is -4.37. The summed E-state index contributed by atoms with van der Waals surface area (Å²) >= 11 is 6.27.